The number of nitrogens with zero attached hydrogens (tertiary/aromatic N) is 6. The highest BCUT2D eigenvalue weighted by Gasteiger charge is 2.30. The zero-order valence-electron chi connectivity index (χ0n) is 62.1. The molecule has 0 amide bonds. The highest BCUT2D eigenvalue weighted by atomic mass is 32.2. The SMILES string of the molecule is C.C.C.C.C.C.CN(C)c1ccc(C(=O)C[S+](C)C)cc1.CN(C)c1ccc(C(=O)C[S+](C)C)cc1.CN(C)c1ccc(C(=O)C[S+](C)C)cc1.CN(C)c1ccc(C(=O)C[S+](CCO)CCO)cc1.CN(C)c1ccc2c(c1)C[S+](C)CC2=O.O=C(C[S+]1CCCC1)c1ccc(N2CCOCC2)cc1. The van der Waals surface area contributed by atoms with Crippen molar-refractivity contribution in [2.75, 3.05) is 241 Å². The molecule has 0 bridgehead atoms. The van der Waals surface area contributed by atoms with Gasteiger partial charge in [-0.3, -0.25) is 28.8 Å². The number of ketones is 6. The van der Waals surface area contributed by atoms with E-state index in [-0.39, 0.29) is 135 Å². The van der Waals surface area contributed by atoms with E-state index in [1.807, 2.05) is 211 Å². The summed E-state index contributed by atoms with van der Waals surface area (Å²) in [5.41, 5.74) is 13.0. The molecule has 6 aromatic carbocycles. The highest BCUT2D eigenvalue weighted by Crippen LogP contribution is 2.26. The van der Waals surface area contributed by atoms with E-state index in [0.29, 0.717) is 62.5 Å². The monoisotopic (exact) mass is 1570 g/mol. The molecule has 1 unspecified atom stereocenters. The Labute approximate surface area is 655 Å². The second-order valence-electron chi connectivity index (χ2n) is 26.1. The van der Waals surface area contributed by atoms with Crippen molar-refractivity contribution in [1.29, 1.82) is 0 Å². The maximum Gasteiger partial charge on any atom is 0.212 e. The molecule has 6 aromatic rings. The minimum atomic E-state index is -0.229. The van der Waals surface area contributed by atoms with Crippen LogP contribution in [0.4, 0.5) is 34.1 Å². The number of Topliss-reactive ketones (excluding diaryl/α,β-unsaturated/α-hetero) is 6. The van der Waals surface area contributed by atoms with Gasteiger partial charge in [-0.2, -0.15) is 0 Å². The molecule has 0 saturated carbocycles. The molecule has 3 aliphatic rings. The standard InChI is InChI=1S/C16H22NO2S.C14H22NO3S.C12H16NOS.3C12H18NOS.6CH4/c18-16(13-20-11-1-2-12-20)14-3-5-15(6-4-14)17-7-9-19-10-8-17;1-15(2)13-5-3-12(4-6-13)14(18)11-19(9-7-16)10-8-17;1-13(2)10-4-5-11-9(6-10)7-15(3)8-12(11)14;3*1-13(2)11-7-5-10(6-8-11)12(14)9-15(3)4;;;;;;/h3-6H,1-2,7-13H2;3-6,16-17H,7-11H2,1-2H3;4-6H,7-8H2,1-3H3;3*5-8H,9H2,1-4H3;6*1H4/q6*+1;;;;;;. The van der Waals surface area contributed by atoms with Crippen molar-refractivity contribution in [3.05, 3.63) is 178 Å². The van der Waals surface area contributed by atoms with Crippen molar-refractivity contribution in [2.24, 2.45) is 0 Å². The number of morpholine rings is 1. The van der Waals surface area contributed by atoms with Crippen LogP contribution in [-0.4, -0.2) is 256 Å². The largest absolute Gasteiger partial charge is 0.391 e. The normalized spacial score (nSPS) is 13.2. The van der Waals surface area contributed by atoms with Crippen LogP contribution in [0.1, 0.15) is 125 Å². The van der Waals surface area contributed by atoms with Crippen LogP contribution in [0.3, 0.4) is 0 Å². The molecule has 2 N–H and O–H groups in total. The van der Waals surface area contributed by atoms with E-state index in [4.69, 9.17) is 14.9 Å². The molecular weight excluding hydrogens is 1430 g/mol. The Morgan fingerprint density at radius 1 is 0.429 bits per heavy atom. The van der Waals surface area contributed by atoms with Gasteiger partial charge in [0.15, 0.2) is 34.5 Å². The Morgan fingerprint density at radius 2 is 0.733 bits per heavy atom. The predicted molar refractivity (Wildman–Crippen MR) is 481 cm³/mol. The molecule has 0 spiro atoms. The number of aliphatic hydroxyl groups is 2. The van der Waals surface area contributed by atoms with Gasteiger partial charge in [-0.05, 0) is 207 Å². The Balaban J connectivity index is -0.00000118. The molecule has 21 heteroatoms. The fraction of sp³-hybridized carbons (Fsp3) is 0.500. The number of carbonyl (C=O) groups is 6. The summed E-state index contributed by atoms with van der Waals surface area (Å²) in [5.74, 6) is 10.1. The van der Waals surface area contributed by atoms with Gasteiger partial charge >= 0.3 is 0 Å². The first-order chi connectivity index (χ1) is 47.0. The first-order valence-electron chi connectivity index (χ1n) is 33.2. The third-order valence-electron chi connectivity index (χ3n) is 15.9. The number of fused-ring (bicyclic) bond motifs is 1. The second-order valence-corrected chi connectivity index (χ2v) is 39.7. The minimum absolute atomic E-state index is 0. The van der Waals surface area contributed by atoms with Gasteiger partial charge in [-0.1, -0.05) is 44.6 Å². The number of aliphatic hydroxyl groups excluding tert-OH is 2. The molecule has 3 heterocycles. The van der Waals surface area contributed by atoms with Gasteiger partial charge in [0.1, 0.15) is 28.8 Å². The van der Waals surface area contributed by atoms with E-state index in [1.165, 1.54) is 41.3 Å². The van der Waals surface area contributed by atoms with E-state index in [0.717, 1.165) is 94.1 Å². The van der Waals surface area contributed by atoms with Gasteiger partial charge in [0, 0.05) is 168 Å². The molecule has 588 valence electrons. The first kappa shape index (κ1) is 103. The molecule has 2 saturated heterocycles. The van der Waals surface area contributed by atoms with E-state index in [1.54, 1.807) is 0 Å². The van der Waals surface area contributed by atoms with Crippen molar-refractivity contribution >= 4 is 134 Å². The average Bonchev–Trinajstić information content (AvgIpc) is 1.51. The minimum Gasteiger partial charge on any atom is -0.391 e. The average molecular weight is 1570 g/mol. The van der Waals surface area contributed by atoms with E-state index >= 15 is 0 Å². The highest BCUT2D eigenvalue weighted by molar-refractivity contribution is 7.98. The Bertz CT molecular complexity index is 3230. The van der Waals surface area contributed by atoms with Crippen LogP contribution in [0, 0.1) is 0 Å². The van der Waals surface area contributed by atoms with E-state index < -0.39 is 0 Å². The quantitative estimate of drug-likeness (QED) is 0.0409. The number of benzene rings is 6. The Hall–Kier alpha value is -5.88. The second kappa shape index (κ2) is 54.7. The number of rotatable bonds is 25. The summed E-state index contributed by atoms with van der Waals surface area (Å²) in [7, 11) is 20.8. The van der Waals surface area contributed by atoms with Crippen molar-refractivity contribution in [2.45, 2.75) is 63.2 Å². The topological polar surface area (TPSA) is 172 Å². The Morgan fingerprint density at radius 3 is 1.05 bits per heavy atom. The van der Waals surface area contributed by atoms with E-state index in [9.17, 15) is 28.8 Å². The summed E-state index contributed by atoms with van der Waals surface area (Å²) >= 11 is 0. The molecule has 0 aromatic heterocycles. The molecule has 105 heavy (non-hydrogen) atoms. The lowest BCUT2D eigenvalue weighted by atomic mass is 10.0. The van der Waals surface area contributed by atoms with Gasteiger partial charge in [0.25, 0.3) is 0 Å². The number of hydrogen-bond donors (Lipinski definition) is 2. The summed E-state index contributed by atoms with van der Waals surface area (Å²) in [5, 5.41) is 17.9. The summed E-state index contributed by atoms with van der Waals surface area (Å²) in [6.45, 7) is 3.60. The predicted octanol–water partition coefficient (Wildman–Crippen LogP) is 13.6. The lowest BCUT2D eigenvalue weighted by molar-refractivity contribution is 0.101. The number of ether oxygens (including phenoxy) is 1. The summed E-state index contributed by atoms with van der Waals surface area (Å²) < 4.78 is 5.36. The van der Waals surface area contributed by atoms with Crippen LogP contribution < -0.4 is 29.4 Å². The zero-order valence-corrected chi connectivity index (χ0v) is 67.0. The summed E-state index contributed by atoms with van der Waals surface area (Å²) in [6, 6.07) is 45.1. The fourth-order valence-corrected chi connectivity index (χ4v) is 17.6. The van der Waals surface area contributed by atoms with Crippen LogP contribution in [-0.2, 0) is 75.9 Å². The smallest absolute Gasteiger partial charge is 0.212 e. The maximum atomic E-state index is 12.3. The van der Waals surface area contributed by atoms with Crippen LogP contribution in [0.5, 0.6) is 0 Å². The van der Waals surface area contributed by atoms with Crippen molar-refractivity contribution < 1.29 is 43.7 Å². The molecule has 0 aliphatic carbocycles. The third-order valence-corrected chi connectivity index (χ3v) is 24.5. The fourth-order valence-electron chi connectivity index (χ4n) is 10.3. The van der Waals surface area contributed by atoms with Crippen LogP contribution >= 0.6 is 0 Å². The van der Waals surface area contributed by atoms with Gasteiger partial charge < -0.3 is 44.3 Å². The van der Waals surface area contributed by atoms with Crippen LogP contribution in [0.15, 0.2) is 140 Å². The summed E-state index contributed by atoms with van der Waals surface area (Å²) in [4.78, 5) is 83.8. The molecular formula is C84H138N6O9S6+6. The molecule has 9 rings (SSSR count). The maximum absolute atomic E-state index is 12.3. The summed E-state index contributed by atoms with van der Waals surface area (Å²) in [6.07, 6.45) is 17.3. The lowest BCUT2D eigenvalue weighted by Gasteiger charge is -2.28. The van der Waals surface area contributed by atoms with Crippen molar-refractivity contribution in [1.82, 2.24) is 0 Å². The molecule has 1 atom stereocenters. The molecule has 2 fully saturated rings. The molecule has 3 aliphatic heterocycles. The molecule has 15 nitrogen and oxygen atoms in total. The van der Waals surface area contributed by atoms with E-state index in [2.05, 4.69) is 71.8 Å². The van der Waals surface area contributed by atoms with Gasteiger partial charge in [-0.15, -0.1) is 0 Å². The van der Waals surface area contributed by atoms with Crippen molar-refractivity contribution in [3.63, 3.8) is 0 Å². The number of carbonyl (C=O) groups excluding carboxylic acids is 6. The van der Waals surface area contributed by atoms with Crippen LogP contribution in [0.25, 0.3) is 0 Å². The Kier molecular flexibility index (Phi) is 53.8. The van der Waals surface area contributed by atoms with Gasteiger partial charge in [0.2, 0.25) is 34.7 Å². The number of hydrogen-bond acceptors (Lipinski definition) is 15. The van der Waals surface area contributed by atoms with Crippen molar-refractivity contribution in [3.8, 4) is 0 Å². The third kappa shape index (κ3) is 38.2. The molecule has 0 radical (unpaired) electrons. The lowest BCUT2D eigenvalue weighted by Crippen LogP contribution is -2.36. The van der Waals surface area contributed by atoms with Gasteiger partial charge in [-0.25, -0.2) is 0 Å². The van der Waals surface area contributed by atoms with Crippen LogP contribution in [0.2, 0.25) is 0 Å². The van der Waals surface area contributed by atoms with Gasteiger partial charge in [0.05, 0.1) is 70.2 Å². The zero-order chi connectivity index (χ0) is 73.3. The number of anilines is 6. The first-order valence-corrected chi connectivity index (χ1v) is 45.3.